The maximum Gasteiger partial charge on any atom is 0.410 e. The molecule has 0 saturated heterocycles. The summed E-state index contributed by atoms with van der Waals surface area (Å²) in [6, 6.07) is 14.0. The highest BCUT2D eigenvalue weighted by atomic mass is 35.5. The van der Waals surface area contributed by atoms with Crippen LogP contribution in [0, 0.1) is 0 Å². The maximum absolute atomic E-state index is 13.3. The molecule has 1 amide bonds. The van der Waals surface area contributed by atoms with E-state index in [1.807, 2.05) is 39.0 Å². The molecule has 39 heavy (non-hydrogen) atoms. The summed E-state index contributed by atoms with van der Waals surface area (Å²) in [5.74, 6) is 1.61. The number of methoxy groups -OCH3 is 1. The van der Waals surface area contributed by atoms with Gasteiger partial charge in [-0.05, 0) is 87.6 Å². The number of ether oxygens (including phenoxy) is 3. The molecule has 1 aromatic heterocycles. The number of pyridine rings is 1. The van der Waals surface area contributed by atoms with Crippen LogP contribution >= 0.6 is 11.6 Å². The maximum atomic E-state index is 13.3. The monoisotopic (exact) mass is 552 g/mol. The SMILES string of the molecule is COc1ccc(Oc2ccc3c(c2)CC(N(CC(O)c2ccc(Cl)nc2)C(=O)OC(C)(C)C)CC3)cc1C=O. The van der Waals surface area contributed by atoms with Gasteiger partial charge in [0.2, 0.25) is 0 Å². The number of benzene rings is 2. The van der Waals surface area contributed by atoms with Crippen LogP contribution in [0.2, 0.25) is 5.15 Å². The lowest BCUT2D eigenvalue weighted by atomic mass is 9.87. The Morgan fingerprint density at radius 3 is 2.56 bits per heavy atom. The van der Waals surface area contributed by atoms with E-state index in [-0.39, 0.29) is 12.6 Å². The summed E-state index contributed by atoms with van der Waals surface area (Å²) in [6.07, 6.45) is 2.84. The molecule has 2 aromatic carbocycles. The van der Waals surface area contributed by atoms with E-state index >= 15 is 0 Å². The van der Waals surface area contributed by atoms with Crippen molar-refractivity contribution >= 4 is 24.0 Å². The summed E-state index contributed by atoms with van der Waals surface area (Å²) in [6.45, 7) is 5.50. The Morgan fingerprint density at radius 2 is 1.90 bits per heavy atom. The first kappa shape index (κ1) is 28.4. The van der Waals surface area contributed by atoms with E-state index in [1.54, 1.807) is 35.2 Å². The summed E-state index contributed by atoms with van der Waals surface area (Å²) in [5.41, 5.74) is 2.50. The van der Waals surface area contributed by atoms with Crippen molar-refractivity contribution in [2.75, 3.05) is 13.7 Å². The number of carbonyl (C=O) groups is 2. The molecule has 0 radical (unpaired) electrons. The molecular weight excluding hydrogens is 520 g/mol. The Hall–Kier alpha value is -3.62. The molecule has 9 heteroatoms. The van der Waals surface area contributed by atoms with Crippen LogP contribution in [0.25, 0.3) is 0 Å². The average Bonchev–Trinajstić information content (AvgIpc) is 2.90. The topological polar surface area (TPSA) is 98.2 Å². The van der Waals surface area contributed by atoms with E-state index in [1.165, 1.54) is 18.9 Å². The average molecular weight is 553 g/mol. The molecular formula is C30H33ClN2O6. The summed E-state index contributed by atoms with van der Waals surface area (Å²) in [7, 11) is 1.51. The third-order valence-corrected chi connectivity index (χ3v) is 6.74. The van der Waals surface area contributed by atoms with Gasteiger partial charge in [-0.3, -0.25) is 4.79 Å². The quantitative estimate of drug-likeness (QED) is 0.263. The molecule has 2 unspecified atom stereocenters. The second kappa shape index (κ2) is 12.1. The van der Waals surface area contributed by atoms with Crippen molar-refractivity contribution in [3.63, 3.8) is 0 Å². The van der Waals surface area contributed by atoms with E-state index in [0.29, 0.717) is 39.9 Å². The number of halogens is 1. The third kappa shape index (κ3) is 7.28. The number of carbonyl (C=O) groups excluding carboxylic acids is 2. The molecule has 0 fully saturated rings. The van der Waals surface area contributed by atoms with Crippen LogP contribution in [0.1, 0.15) is 60.3 Å². The number of fused-ring (bicyclic) bond motifs is 1. The third-order valence-electron chi connectivity index (χ3n) is 6.52. The summed E-state index contributed by atoms with van der Waals surface area (Å²) in [4.78, 5) is 30.4. The number of aldehydes is 1. The highest BCUT2D eigenvalue weighted by molar-refractivity contribution is 6.29. The lowest BCUT2D eigenvalue weighted by Gasteiger charge is -2.37. The Bertz CT molecular complexity index is 1320. The van der Waals surface area contributed by atoms with Gasteiger partial charge in [0, 0.05) is 17.8 Å². The van der Waals surface area contributed by atoms with E-state index in [9.17, 15) is 14.7 Å². The van der Waals surface area contributed by atoms with Gasteiger partial charge in [-0.25, -0.2) is 9.78 Å². The number of aromatic nitrogens is 1. The Labute approximate surface area is 233 Å². The van der Waals surface area contributed by atoms with Crippen LogP contribution in [-0.2, 0) is 17.6 Å². The van der Waals surface area contributed by atoms with Crippen molar-refractivity contribution in [1.29, 1.82) is 0 Å². The van der Waals surface area contributed by atoms with E-state index in [4.69, 9.17) is 25.8 Å². The van der Waals surface area contributed by atoms with Gasteiger partial charge >= 0.3 is 6.09 Å². The van der Waals surface area contributed by atoms with Crippen LogP contribution < -0.4 is 9.47 Å². The van der Waals surface area contributed by atoms with Crippen LogP contribution in [0.5, 0.6) is 17.2 Å². The minimum Gasteiger partial charge on any atom is -0.496 e. The lowest BCUT2D eigenvalue weighted by molar-refractivity contribution is 0.00191. The Morgan fingerprint density at radius 1 is 1.15 bits per heavy atom. The highest BCUT2D eigenvalue weighted by Gasteiger charge is 2.33. The molecule has 2 atom stereocenters. The zero-order chi connectivity index (χ0) is 28.2. The first-order valence-electron chi connectivity index (χ1n) is 12.8. The first-order chi connectivity index (χ1) is 18.6. The van der Waals surface area contributed by atoms with Crippen molar-refractivity contribution in [2.24, 2.45) is 0 Å². The van der Waals surface area contributed by atoms with Crippen LogP contribution in [0.4, 0.5) is 4.79 Å². The largest absolute Gasteiger partial charge is 0.496 e. The van der Waals surface area contributed by atoms with Crippen LogP contribution in [0.15, 0.2) is 54.7 Å². The van der Waals surface area contributed by atoms with Gasteiger partial charge in [0.1, 0.15) is 28.0 Å². The molecule has 0 spiro atoms. The number of hydrogen-bond donors (Lipinski definition) is 1. The van der Waals surface area contributed by atoms with Crippen molar-refractivity contribution in [1.82, 2.24) is 9.88 Å². The second-order valence-corrected chi connectivity index (χ2v) is 10.9. The van der Waals surface area contributed by atoms with Crippen LogP contribution in [-0.4, -0.2) is 52.7 Å². The molecule has 8 nitrogen and oxygen atoms in total. The van der Waals surface area contributed by atoms with E-state index < -0.39 is 17.8 Å². The van der Waals surface area contributed by atoms with Gasteiger partial charge in [-0.2, -0.15) is 0 Å². The molecule has 0 saturated carbocycles. The molecule has 0 bridgehead atoms. The number of aryl methyl sites for hydroxylation is 1. The second-order valence-electron chi connectivity index (χ2n) is 10.5. The minimum atomic E-state index is -0.958. The summed E-state index contributed by atoms with van der Waals surface area (Å²) >= 11 is 5.90. The normalized spacial score (nSPS) is 15.6. The van der Waals surface area contributed by atoms with E-state index in [2.05, 4.69) is 4.98 Å². The highest BCUT2D eigenvalue weighted by Crippen LogP contribution is 2.33. The van der Waals surface area contributed by atoms with Gasteiger partial charge in [-0.15, -0.1) is 0 Å². The van der Waals surface area contributed by atoms with Crippen molar-refractivity contribution in [3.05, 3.63) is 82.1 Å². The Kier molecular flexibility index (Phi) is 8.77. The molecule has 1 aliphatic carbocycles. The Balaban J connectivity index is 1.55. The predicted octanol–water partition coefficient (Wildman–Crippen LogP) is 6.18. The molecule has 1 heterocycles. The van der Waals surface area contributed by atoms with Crippen molar-refractivity contribution in [2.45, 2.75) is 57.8 Å². The fourth-order valence-corrected chi connectivity index (χ4v) is 4.73. The van der Waals surface area contributed by atoms with Gasteiger partial charge in [0.25, 0.3) is 0 Å². The van der Waals surface area contributed by atoms with Crippen molar-refractivity contribution < 1.29 is 28.9 Å². The van der Waals surface area contributed by atoms with Gasteiger partial charge < -0.3 is 24.2 Å². The standard InChI is InChI=1S/C30H33ClN2O6/c1-30(2,3)39-29(36)33(17-26(35)20-7-12-28(31)32-16-20)23-8-5-19-6-9-24(14-21(19)13-23)38-25-10-11-27(37-4)22(15-25)18-34/h6-7,9-12,14-16,18,23,26,35H,5,8,13,17H2,1-4H3. The molecule has 206 valence electrons. The van der Waals surface area contributed by atoms with Crippen LogP contribution in [0.3, 0.4) is 0 Å². The van der Waals surface area contributed by atoms with Gasteiger partial charge in [0.15, 0.2) is 6.29 Å². The lowest BCUT2D eigenvalue weighted by Crippen LogP contribution is -2.47. The minimum absolute atomic E-state index is 0.0503. The fraction of sp³-hybridized carbons (Fsp3) is 0.367. The number of nitrogens with zero attached hydrogens (tertiary/aromatic N) is 2. The fourth-order valence-electron chi connectivity index (χ4n) is 4.62. The summed E-state index contributed by atoms with van der Waals surface area (Å²) < 4.78 is 17.0. The molecule has 3 aromatic rings. The van der Waals surface area contributed by atoms with Crippen molar-refractivity contribution in [3.8, 4) is 17.2 Å². The smallest absolute Gasteiger partial charge is 0.410 e. The first-order valence-corrected chi connectivity index (χ1v) is 13.2. The number of rotatable bonds is 8. The molecule has 1 aliphatic rings. The predicted molar refractivity (Wildman–Crippen MR) is 148 cm³/mol. The summed E-state index contributed by atoms with van der Waals surface area (Å²) in [5, 5.41) is 11.3. The van der Waals surface area contributed by atoms with Gasteiger partial charge in [0.05, 0.1) is 25.3 Å². The number of hydrogen-bond acceptors (Lipinski definition) is 7. The van der Waals surface area contributed by atoms with E-state index in [0.717, 1.165) is 24.7 Å². The van der Waals surface area contributed by atoms with Gasteiger partial charge in [-0.1, -0.05) is 23.7 Å². The molecule has 0 aliphatic heterocycles. The number of aliphatic hydroxyl groups excluding tert-OH is 1. The zero-order valence-corrected chi connectivity index (χ0v) is 23.3. The zero-order valence-electron chi connectivity index (χ0n) is 22.5. The molecule has 4 rings (SSSR count). The number of amides is 1. The molecule has 1 N–H and O–H groups in total. The number of aliphatic hydroxyl groups is 1.